The fourth-order valence-corrected chi connectivity index (χ4v) is 4.39. The number of imidazole rings is 1. The lowest BCUT2D eigenvalue weighted by atomic mass is 10.2. The number of aromatic nitrogens is 4. The molecule has 0 saturated carbocycles. The van der Waals surface area contributed by atoms with Crippen molar-refractivity contribution in [3.05, 3.63) is 64.5 Å². The highest BCUT2D eigenvalue weighted by atomic mass is 35.5. The Balaban J connectivity index is 1.88. The highest BCUT2D eigenvalue weighted by molar-refractivity contribution is 6.42. The number of carbonyl (C=O) groups excluding carboxylic acids is 1. The Bertz CT molecular complexity index is 1520. The maximum Gasteiger partial charge on any atom is 0.311 e. The van der Waals surface area contributed by atoms with Crippen LogP contribution in [0, 0.1) is 0 Å². The minimum absolute atomic E-state index is 0.294. The number of para-hydroxylation sites is 2. The lowest BCUT2D eigenvalue weighted by Crippen LogP contribution is -2.07. The zero-order valence-corrected chi connectivity index (χ0v) is 19.8. The molecule has 0 radical (unpaired) electrons. The van der Waals surface area contributed by atoms with Gasteiger partial charge < -0.3 is 4.74 Å². The van der Waals surface area contributed by atoms with E-state index < -0.39 is 0 Å². The molecular formula is C25H22Cl2N4O2. The van der Waals surface area contributed by atoms with E-state index in [0.29, 0.717) is 45.3 Å². The van der Waals surface area contributed by atoms with Gasteiger partial charge in [0.05, 0.1) is 27.3 Å². The monoisotopic (exact) mass is 480 g/mol. The SMILES string of the molecule is CCCC(=O)Oc1cn(-c2ccc(Cl)c(Cl)c2)c2nc(CCC)n3c4ccccc4nc3c12. The van der Waals surface area contributed by atoms with Crippen LogP contribution in [0.5, 0.6) is 5.75 Å². The van der Waals surface area contributed by atoms with Gasteiger partial charge in [-0.05, 0) is 43.2 Å². The number of carbonyl (C=O) groups is 1. The van der Waals surface area contributed by atoms with Crippen LogP contribution >= 0.6 is 23.2 Å². The Kier molecular flexibility index (Phi) is 5.72. The summed E-state index contributed by atoms with van der Waals surface area (Å²) < 4.78 is 9.76. The van der Waals surface area contributed by atoms with E-state index in [1.165, 1.54) is 0 Å². The lowest BCUT2D eigenvalue weighted by molar-refractivity contribution is -0.134. The van der Waals surface area contributed by atoms with Gasteiger partial charge >= 0.3 is 5.97 Å². The van der Waals surface area contributed by atoms with Crippen LogP contribution in [0.25, 0.3) is 33.4 Å². The molecule has 0 aliphatic carbocycles. The number of halogens is 2. The topological polar surface area (TPSA) is 61.4 Å². The van der Waals surface area contributed by atoms with Gasteiger partial charge in [-0.1, -0.05) is 49.2 Å². The Morgan fingerprint density at radius 1 is 1.00 bits per heavy atom. The van der Waals surface area contributed by atoms with Crippen LogP contribution in [0.1, 0.15) is 38.9 Å². The largest absolute Gasteiger partial charge is 0.424 e. The molecule has 3 aromatic heterocycles. The summed E-state index contributed by atoms with van der Waals surface area (Å²) in [6, 6.07) is 13.3. The Labute approximate surface area is 200 Å². The highest BCUT2D eigenvalue weighted by Crippen LogP contribution is 2.36. The van der Waals surface area contributed by atoms with Crippen molar-refractivity contribution in [1.29, 1.82) is 0 Å². The quantitative estimate of drug-likeness (QED) is 0.251. The molecule has 0 aliphatic heterocycles. The molecule has 0 amide bonds. The molecule has 0 bridgehead atoms. The summed E-state index contributed by atoms with van der Waals surface area (Å²) in [4.78, 5) is 22.4. The van der Waals surface area contributed by atoms with Gasteiger partial charge in [0.1, 0.15) is 11.2 Å². The number of benzene rings is 2. The number of ether oxygens (including phenoxy) is 1. The van der Waals surface area contributed by atoms with Gasteiger partial charge in [0.2, 0.25) is 0 Å². The first kappa shape index (κ1) is 21.7. The predicted molar refractivity (Wildman–Crippen MR) is 132 cm³/mol. The first-order valence-corrected chi connectivity index (χ1v) is 11.7. The molecule has 6 nitrogen and oxygen atoms in total. The van der Waals surface area contributed by atoms with E-state index in [1.54, 1.807) is 18.3 Å². The molecule has 0 saturated heterocycles. The van der Waals surface area contributed by atoms with Crippen molar-refractivity contribution >= 4 is 56.9 Å². The second kappa shape index (κ2) is 8.69. The molecule has 2 aromatic carbocycles. The number of hydrogen-bond acceptors (Lipinski definition) is 4. The summed E-state index contributed by atoms with van der Waals surface area (Å²) in [5.74, 6) is 1.02. The smallest absolute Gasteiger partial charge is 0.311 e. The maximum absolute atomic E-state index is 12.5. The highest BCUT2D eigenvalue weighted by Gasteiger charge is 2.23. The zero-order valence-electron chi connectivity index (χ0n) is 18.3. The molecule has 5 rings (SSSR count). The van der Waals surface area contributed by atoms with Crippen LogP contribution in [0.3, 0.4) is 0 Å². The summed E-state index contributed by atoms with van der Waals surface area (Å²) in [6.45, 7) is 4.06. The van der Waals surface area contributed by atoms with Gasteiger partial charge in [0.15, 0.2) is 17.0 Å². The Hall–Kier alpha value is -3.09. The molecule has 0 aliphatic rings. The van der Waals surface area contributed by atoms with Crippen molar-refractivity contribution in [3.63, 3.8) is 0 Å². The average molecular weight is 481 g/mol. The standard InChI is InChI=1S/C25H22Cl2N4O2/c1-3-7-21-29-24-23(25-28-18-9-5-6-10-19(18)31(21)25)20(33-22(32)8-4-2)14-30(24)15-11-12-16(26)17(27)13-15/h5-6,9-14H,3-4,7-8H2,1-2H3. The van der Waals surface area contributed by atoms with Gasteiger partial charge in [0.25, 0.3) is 0 Å². The van der Waals surface area contributed by atoms with Gasteiger partial charge in [-0.3, -0.25) is 13.8 Å². The number of fused-ring (bicyclic) bond motifs is 5. The van der Waals surface area contributed by atoms with E-state index in [4.69, 9.17) is 37.9 Å². The molecule has 0 unspecified atom stereocenters. The summed E-state index contributed by atoms with van der Waals surface area (Å²) >= 11 is 12.5. The minimum atomic E-state index is -0.294. The number of esters is 1. The number of rotatable bonds is 6. The summed E-state index contributed by atoms with van der Waals surface area (Å²) in [5.41, 5.74) is 3.96. The van der Waals surface area contributed by atoms with Crippen LogP contribution in [0.4, 0.5) is 0 Å². The molecule has 0 fully saturated rings. The van der Waals surface area contributed by atoms with Crippen molar-refractivity contribution in [3.8, 4) is 11.4 Å². The molecule has 8 heteroatoms. The summed E-state index contributed by atoms with van der Waals surface area (Å²) in [5, 5.41) is 1.58. The van der Waals surface area contributed by atoms with Crippen LogP contribution in [-0.4, -0.2) is 24.9 Å². The third-order valence-electron chi connectivity index (χ3n) is 5.55. The first-order valence-electron chi connectivity index (χ1n) is 11.0. The van der Waals surface area contributed by atoms with E-state index in [1.807, 2.05) is 41.8 Å². The van der Waals surface area contributed by atoms with Crippen molar-refractivity contribution in [1.82, 2.24) is 18.9 Å². The van der Waals surface area contributed by atoms with Crippen LogP contribution < -0.4 is 4.74 Å². The lowest BCUT2D eigenvalue weighted by Gasteiger charge is -2.09. The Morgan fingerprint density at radius 2 is 1.82 bits per heavy atom. The molecule has 3 heterocycles. The minimum Gasteiger partial charge on any atom is -0.424 e. The van der Waals surface area contributed by atoms with Crippen LogP contribution in [0.15, 0.2) is 48.7 Å². The second-order valence-electron chi connectivity index (χ2n) is 7.92. The van der Waals surface area contributed by atoms with E-state index in [-0.39, 0.29) is 5.97 Å². The van der Waals surface area contributed by atoms with Crippen molar-refractivity contribution in [2.45, 2.75) is 39.5 Å². The first-order chi connectivity index (χ1) is 16.0. The predicted octanol–water partition coefficient (Wildman–Crippen LogP) is 6.79. The fourth-order valence-electron chi connectivity index (χ4n) is 4.10. The number of nitrogens with zero attached hydrogens (tertiary/aromatic N) is 4. The van der Waals surface area contributed by atoms with Gasteiger partial charge in [0, 0.05) is 18.5 Å². The molecule has 5 aromatic rings. The molecule has 0 atom stereocenters. The van der Waals surface area contributed by atoms with E-state index >= 15 is 0 Å². The summed E-state index contributed by atoms with van der Waals surface area (Å²) in [7, 11) is 0. The molecule has 0 N–H and O–H groups in total. The molecule has 168 valence electrons. The number of aryl methyl sites for hydroxylation is 1. The molecular weight excluding hydrogens is 459 g/mol. The van der Waals surface area contributed by atoms with Crippen molar-refractivity contribution in [2.75, 3.05) is 0 Å². The normalized spacial score (nSPS) is 11.6. The van der Waals surface area contributed by atoms with E-state index in [0.717, 1.165) is 35.4 Å². The van der Waals surface area contributed by atoms with E-state index in [9.17, 15) is 4.79 Å². The Morgan fingerprint density at radius 3 is 2.58 bits per heavy atom. The maximum atomic E-state index is 12.5. The number of hydrogen-bond donors (Lipinski definition) is 0. The van der Waals surface area contributed by atoms with Crippen LogP contribution in [-0.2, 0) is 11.2 Å². The third kappa shape index (κ3) is 3.73. The third-order valence-corrected chi connectivity index (χ3v) is 6.29. The van der Waals surface area contributed by atoms with Crippen molar-refractivity contribution in [2.24, 2.45) is 0 Å². The van der Waals surface area contributed by atoms with Gasteiger partial charge in [-0.15, -0.1) is 0 Å². The molecule has 0 spiro atoms. The average Bonchev–Trinajstić information content (AvgIpc) is 3.35. The van der Waals surface area contributed by atoms with Crippen LogP contribution in [0.2, 0.25) is 10.0 Å². The summed E-state index contributed by atoms with van der Waals surface area (Å²) in [6.07, 6.45) is 4.50. The van der Waals surface area contributed by atoms with Gasteiger partial charge in [-0.25, -0.2) is 9.97 Å². The molecule has 33 heavy (non-hydrogen) atoms. The second-order valence-corrected chi connectivity index (χ2v) is 8.74. The van der Waals surface area contributed by atoms with Crippen molar-refractivity contribution < 1.29 is 9.53 Å². The van der Waals surface area contributed by atoms with E-state index in [2.05, 4.69) is 11.3 Å². The fraction of sp³-hybridized carbons (Fsp3) is 0.240. The van der Waals surface area contributed by atoms with Gasteiger partial charge in [-0.2, -0.15) is 0 Å². The zero-order chi connectivity index (χ0) is 23.1.